The third kappa shape index (κ3) is 9.72. The lowest BCUT2D eigenvalue weighted by Crippen LogP contribution is -2.61. The van der Waals surface area contributed by atoms with Crippen molar-refractivity contribution in [3.63, 3.8) is 0 Å². The van der Waals surface area contributed by atoms with Gasteiger partial charge in [-0.3, -0.25) is 19.2 Å². The van der Waals surface area contributed by atoms with Crippen molar-refractivity contribution in [2.75, 3.05) is 0 Å². The van der Waals surface area contributed by atoms with E-state index in [2.05, 4.69) is 16.0 Å². The molecule has 3 amide bonds. The fourth-order valence-electron chi connectivity index (χ4n) is 2.44. The number of nitrogens with two attached hydrogens (primary N) is 1. The number of rotatable bonds is 13. The second-order valence-corrected chi connectivity index (χ2v) is 7.56. The quantitative estimate of drug-likeness (QED) is 0.144. The Bertz CT molecular complexity index is 666. The van der Waals surface area contributed by atoms with Gasteiger partial charge in [0.2, 0.25) is 17.7 Å². The molecule has 13 heteroatoms. The Labute approximate surface area is 179 Å². The number of carbonyl (C=O) groups excluding carboxylic acids is 3. The van der Waals surface area contributed by atoms with E-state index in [1.54, 1.807) is 13.8 Å². The summed E-state index contributed by atoms with van der Waals surface area (Å²) in [5.74, 6) is -5.92. The van der Waals surface area contributed by atoms with Crippen molar-refractivity contribution in [3.05, 3.63) is 0 Å². The Kier molecular flexibility index (Phi) is 11.7. The third-order valence-electron chi connectivity index (χ3n) is 4.39. The molecule has 0 rings (SSSR count). The van der Waals surface area contributed by atoms with Gasteiger partial charge in [0.25, 0.3) is 0 Å². The zero-order chi connectivity index (χ0) is 24.5. The highest BCUT2D eigenvalue weighted by Crippen LogP contribution is 2.07. The number of carbonyl (C=O) groups is 5. The first-order valence-corrected chi connectivity index (χ1v) is 9.66. The van der Waals surface area contributed by atoms with E-state index in [0.717, 1.165) is 0 Å². The molecule has 9 N–H and O–H groups in total. The van der Waals surface area contributed by atoms with Crippen LogP contribution in [0.3, 0.4) is 0 Å². The van der Waals surface area contributed by atoms with Crippen LogP contribution in [-0.2, 0) is 24.0 Å². The number of aliphatic hydroxyl groups is 2. The van der Waals surface area contributed by atoms with Crippen LogP contribution in [0.25, 0.3) is 0 Å². The van der Waals surface area contributed by atoms with E-state index in [9.17, 15) is 39.3 Å². The lowest BCUT2D eigenvalue weighted by atomic mass is 10.0. The van der Waals surface area contributed by atoms with Crippen LogP contribution in [0.5, 0.6) is 0 Å². The van der Waals surface area contributed by atoms with Crippen molar-refractivity contribution in [2.24, 2.45) is 11.7 Å². The fourth-order valence-corrected chi connectivity index (χ4v) is 2.44. The Morgan fingerprint density at radius 1 is 0.774 bits per heavy atom. The van der Waals surface area contributed by atoms with Gasteiger partial charge >= 0.3 is 11.9 Å². The first-order valence-electron chi connectivity index (χ1n) is 9.66. The molecule has 0 fully saturated rings. The smallest absolute Gasteiger partial charge is 0.326 e. The molecular formula is C18H32N4O9. The maximum Gasteiger partial charge on any atom is 0.326 e. The molecule has 0 saturated carbocycles. The van der Waals surface area contributed by atoms with E-state index in [4.69, 9.17) is 10.8 Å². The van der Waals surface area contributed by atoms with Crippen LogP contribution in [0.1, 0.15) is 40.5 Å². The minimum Gasteiger partial charge on any atom is -0.481 e. The predicted octanol–water partition coefficient (Wildman–Crippen LogP) is -2.86. The van der Waals surface area contributed by atoms with Crippen LogP contribution in [0, 0.1) is 5.92 Å². The number of nitrogens with one attached hydrogen (secondary N) is 3. The van der Waals surface area contributed by atoms with Gasteiger partial charge in [-0.2, -0.15) is 0 Å². The van der Waals surface area contributed by atoms with Crippen LogP contribution in [0.2, 0.25) is 0 Å². The first-order chi connectivity index (χ1) is 14.2. The molecule has 0 spiro atoms. The van der Waals surface area contributed by atoms with Gasteiger partial charge in [-0.25, -0.2) is 4.79 Å². The van der Waals surface area contributed by atoms with Gasteiger partial charge in [0, 0.05) is 6.42 Å². The molecule has 6 atom stereocenters. The molecule has 0 aliphatic rings. The second kappa shape index (κ2) is 12.8. The molecule has 0 heterocycles. The lowest BCUT2D eigenvalue weighted by molar-refractivity contribution is -0.144. The molecular weight excluding hydrogens is 416 g/mol. The van der Waals surface area contributed by atoms with Crippen molar-refractivity contribution >= 4 is 29.7 Å². The highest BCUT2D eigenvalue weighted by atomic mass is 16.4. The summed E-state index contributed by atoms with van der Waals surface area (Å²) in [7, 11) is 0. The zero-order valence-corrected chi connectivity index (χ0v) is 17.9. The lowest BCUT2D eigenvalue weighted by Gasteiger charge is -2.28. The van der Waals surface area contributed by atoms with E-state index in [1.807, 2.05) is 0 Å². The van der Waals surface area contributed by atoms with Crippen LogP contribution in [-0.4, -0.2) is 86.5 Å². The number of aliphatic carboxylic acids is 2. The summed E-state index contributed by atoms with van der Waals surface area (Å²) in [5.41, 5.74) is 5.50. The van der Waals surface area contributed by atoms with Crippen LogP contribution < -0.4 is 21.7 Å². The van der Waals surface area contributed by atoms with Gasteiger partial charge < -0.3 is 42.1 Å². The van der Waals surface area contributed by atoms with Gasteiger partial charge in [0.05, 0.1) is 12.2 Å². The van der Waals surface area contributed by atoms with E-state index in [0.29, 0.717) is 0 Å². The van der Waals surface area contributed by atoms with Crippen molar-refractivity contribution in [1.82, 2.24) is 16.0 Å². The summed E-state index contributed by atoms with van der Waals surface area (Å²) in [4.78, 5) is 59.1. The molecule has 31 heavy (non-hydrogen) atoms. The standard InChI is InChI=1S/C18H32N4O9/c1-7(2)13(16(28)20-10(18(30)31)5-6-11(25)26)21-17(29)14(9(4)24)22-15(27)12(19)8(3)23/h7-10,12-14,23-24H,5-6,19H2,1-4H3,(H,20,28)(H,21,29)(H,22,27)(H,25,26)(H,30,31). The largest absolute Gasteiger partial charge is 0.481 e. The minimum atomic E-state index is -1.51. The van der Waals surface area contributed by atoms with Gasteiger partial charge in [0.15, 0.2) is 0 Å². The summed E-state index contributed by atoms with van der Waals surface area (Å²) in [6, 6.07) is -5.60. The van der Waals surface area contributed by atoms with Gasteiger partial charge in [0.1, 0.15) is 24.2 Å². The Morgan fingerprint density at radius 2 is 1.26 bits per heavy atom. The van der Waals surface area contributed by atoms with Crippen LogP contribution >= 0.6 is 0 Å². The maximum atomic E-state index is 12.6. The Balaban J connectivity index is 5.36. The van der Waals surface area contributed by atoms with E-state index >= 15 is 0 Å². The van der Waals surface area contributed by atoms with Crippen molar-refractivity contribution in [1.29, 1.82) is 0 Å². The molecule has 6 unspecified atom stereocenters. The van der Waals surface area contributed by atoms with Crippen molar-refractivity contribution < 1.29 is 44.4 Å². The summed E-state index contributed by atoms with van der Waals surface area (Å²) >= 11 is 0. The molecule has 178 valence electrons. The first kappa shape index (κ1) is 28.2. The highest BCUT2D eigenvalue weighted by Gasteiger charge is 2.34. The number of carboxylic acid groups (broad SMARTS) is 2. The predicted molar refractivity (Wildman–Crippen MR) is 106 cm³/mol. The Morgan fingerprint density at radius 3 is 1.65 bits per heavy atom. The zero-order valence-electron chi connectivity index (χ0n) is 17.9. The summed E-state index contributed by atoms with van der Waals surface area (Å²) in [6.45, 7) is 5.62. The third-order valence-corrected chi connectivity index (χ3v) is 4.39. The van der Waals surface area contributed by atoms with Crippen molar-refractivity contribution in [3.8, 4) is 0 Å². The molecule has 13 nitrogen and oxygen atoms in total. The molecule has 0 radical (unpaired) electrons. The molecule has 0 aromatic heterocycles. The monoisotopic (exact) mass is 448 g/mol. The second-order valence-electron chi connectivity index (χ2n) is 7.56. The highest BCUT2D eigenvalue weighted by molar-refractivity contribution is 5.94. The van der Waals surface area contributed by atoms with E-state index in [-0.39, 0.29) is 6.42 Å². The molecule has 0 aliphatic carbocycles. The van der Waals surface area contributed by atoms with Crippen LogP contribution in [0.4, 0.5) is 0 Å². The summed E-state index contributed by atoms with van der Waals surface area (Å²) in [5, 5.41) is 43.9. The van der Waals surface area contributed by atoms with E-state index in [1.165, 1.54) is 13.8 Å². The number of hydrogen-bond donors (Lipinski definition) is 8. The number of amides is 3. The fraction of sp³-hybridized carbons (Fsp3) is 0.722. The van der Waals surface area contributed by atoms with E-state index < -0.39 is 78.4 Å². The van der Waals surface area contributed by atoms with Crippen molar-refractivity contribution in [2.45, 2.75) is 76.9 Å². The molecule has 0 saturated heterocycles. The van der Waals surface area contributed by atoms with Gasteiger partial charge in [-0.15, -0.1) is 0 Å². The maximum absolute atomic E-state index is 12.6. The molecule has 0 aromatic carbocycles. The van der Waals surface area contributed by atoms with Gasteiger partial charge in [-0.05, 0) is 26.2 Å². The van der Waals surface area contributed by atoms with Crippen LogP contribution in [0.15, 0.2) is 0 Å². The molecule has 0 aromatic rings. The number of carboxylic acids is 2. The summed E-state index contributed by atoms with van der Waals surface area (Å²) < 4.78 is 0. The average Bonchev–Trinajstić information content (AvgIpc) is 2.64. The normalized spacial score (nSPS) is 16.9. The summed E-state index contributed by atoms with van der Waals surface area (Å²) in [6.07, 6.45) is -3.46. The van der Waals surface area contributed by atoms with Gasteiger partial charge in [-0.1, -0.05) is 13.8 Å². The topological polar surface area (TPSA) is 228 Å². The molecule has 0 aliphatic heterocycles. The average molecular weight is 448 g/mol. The molecule has 0 bridgehead atoms. The minimum absolute atomic E-state index is 0.362. The Hall–Kier alpha value is -2.77. The SMILES string of the molecule is CC(C)C(NC(=O)C(NC(=O)C(N)C(C)O)C(C)O)C(=O)NC(CCC(=O)O)C(=O)O. The number of aliphatic hydroxyl groups excluding tert-OH is 2. The number of hydrogen-bond acceptors (Lipinski definition) is 8.